The Morgan fingerprint density at radius 2 is 1.07 bits per heavy atom. The first-order valence-corrected chi connectivity index (χ1v) is 11.6. The van der Waals surface area contributed by atoms with E-state index < -0.39 is 36.4 Å². The standard InChI is InChI=1S/C12H24N4O10P2/c1-11(15(17)18)7-23-27(21,24-8-11)13-5-3-4-6-14-28(22)25-9-12(2,10-26-28)16(19)20/h3-10H2,1-2H3,(H,13,21)(H,14,22). The van der Waals surface area contributed by atoms with Gasteiger partial charge in [0.1, 0.15) is 26.4 Å². The molecule has 0 radical (unpaired) electrons. The van der Waals surface area contributed by atoms with E-state index in [2.05, 4.69) is 10.2 Å². The zero-order chi connectivity index (χ0) is 21.1. The first-order valence-electron chi connectivity index (χ1n) is 8.50. The lowest BCUT2D eigenvalue weighted by molar-refractivity contribution is -0.573. The van der Waals surface area contributed by atoms with Crippen molar-refractivity contribution in [1.82, 2.24) is 10.2 Å². The van der Waals surface area contributed by atoms with Crippen LogP contribution in [0.2, 0.25) is 0 Å². The van der Waals surface area contributed by atoms with E-state index in [1.54, 1.807) is 0 Å². The molecule has 2 saturated heterocycles. The highest BCUT2D eigenvalue weighted by Crippen LogP contribution is 2.49. The van der Waals surface area contributed by atoms with Crippen LogP contribution in [0.4, 0.5) is 0 Å². The summed E-state index contributed by atoms with van der Waals surface area (Å²) in [5.41, 5.74) is -2.87. The summed E-state index contributed by atoms with van der Waals surface area (Å²) in [5.74, 6) is 0. The topological polar surface area (TPSA) is 181 Å². The molecule has 0 aliphatic carbocycles. The Morgan fingerprint density at radius 1 is 0.786 bits per heavy atom. The van der Waals surface area contributed by atoms with Gasteiger partial charge in [0.25, 0.3) is 11.1 Å². The van der Waals surface area contributed by atoms with Crippen molar-refractivity contribution in [2.24, 2.45) is 0 Å². The third kappa shape index (κ3) is 5.77. The molecule has 0 bridgehead atoms. The minimum absolute atomic E-state index is 0.236. The average molecular weight is 446 g/mol. The first kappa shape index (κ1) is 23.3. The fraction of sp³-hybridized carbons (Fsp3) is 1.00. The van der Waals surface area contributed by atoms with Gasteiger partial charge in [-0.05, 0) is 12.8 Å². The second kappa shape index (κ2) is 8.80. The van der Waals surface area contributed by atoms with Crippen molar-refractivity contribution >= 4 is 15.5 Å². The van der Waals surface area contributed by atoms with E-state index in [4.69, 9.17) is 18.1 Å². The molecule has 14 nitrogen and oxygen atoms in total. The lowest BCUT2D eigenvalue weighted by Crippen LogP contribution is -2.47. The number of nitro groups is 2. The quantitative estimate of drug-likeness (QED) is 0.225. The molecular formula is C12H24N4O10P2. The molecule has 0 atom stereocenters. The molecule has 0 aromatic carbocycles. The van der Waals surface area contributed by atoms with E-state index in [0.717, 1.165) is 0 Å². The molecule has 0 aromatic rings. The van der Waals surface area contributed by atoms with E-state index in [-0.39, 0.29) is 39.5 Å². The molecule has 2 aliphatic heterocycles. The minimum Gasteiger partial charge on any atom is -0.289 e. The number of nitrogens with zero attached hydrogens (tertiary/aromatic N) is 2. The van der Waals surface area contributed by atoms with E-state index >= 15 is 0 Å². The molecule has 162 valence electrons. The predicted octanol–water partition coefficient (Wildman–Crippen LogP) is 1.33. The highest BCUT2D eigenvalue weighted by Gasteiger charge is 2.48. The molecule has 2 N–H and O–H groups in total. The molecule has 28 heavy (non-hydrogen) atoms. The molecule has 2 heterocycles. The van der Waals surface area contributed by atoms with Crippen molar-refractivity contribution in [3.05, 3.63) is 20.2 Å². The maximum atomic E-state index is 12.3. The van der Waals surface area contributed by atoms with Gasteiger partial charge in [0.05, 0.1) is 0 Å². The molecule has 2 fully saturated rings. The van der Waals surface area contributed by atoms with E-state index in [1.807, 2.05) is 0 Å². The van der Waals surface area contributed by atoms with Gasteiger partial charge in [0.2, 0.25) is 0 Å². The zero-order valence-corrected chi connectivity index (χ0v) is 17.3. The molecule has 0 saturated carbocycles. The van der Waals surface area contributed by atoms with Gasteiger partial charge in [-0.25, -0.2) is 19.3 Å². The van der Waals surface area contributed by atoms with Gasteiger partial charge in [-0.15, -0.1) is 0 Å². The van der Waals surface area contributed by atoms with Gasteiger partial charge in [-0.2, -0.15) is 0 Å². The lowest BCUT2D eigenvalue weighted by atomic mass is 10.1. The van der Waals surface area contributed by atoms with Crippen LogP contribution in [0.15, 0.2) is 0 Å². The van der Waals surface area contributed by atoms with Crippen molar-refractivity contribution in [1.29, 1.82) is 0 Å². The Bertz CT molecular complexity index is 622. The second-order valence-corrected chi connectivity index (χ2v) is 10.8. The summed E-state index contributed by atoms with van der Waals surface area (Å²) >= 11 is 0. The van der Waals surface area contributed by atoms with Gasteiger partial charge in [0.15, 0.2) is 0 Å². The van der Waals surface area contributed by atoms with Crippen LogP contribution < -0.4 is 10.2 Å². The van der Waals surface area contributed by atoms with Crippen LogP contribution in [-0.4, -0.2) is 60.4 Å². The molecule has 2 rings (SSSR count). The van der Waals surface area contributed by atoms with Crippen molar-refractivity contribution in [2.75, 3.05) is 39.5 Å². The number of hydrogen-bond acceptors (Lipinski definition) is 10. The van der Waals surface area contributed by atoms with Crippen LogP contribution in [0.25, 0.3) is 0 Å². The Hall–Kier alpha value is -0.980. The normalized spacial score (nSPS) is 38.8. The van der Waals surface area contributed by atoms with Gasteiger partial charge in [-0.1, -0.05) is 0 Å². The second-order valence-electron chi connectivity index (χ2n) is 7.12. The fourth-order valence-corrected chi connectivity index (χ4v) is 5.30. The fourth-order valence-electron chi connectivity index (χ4n) is 2.13. The van der Waals surface area contributed by atoms with Crippen LogP contribution in [0, 0.1) is 20.2 Å². The minimum atomic E-state index is -3.59. The largest absolute Gasteiger partial charge is 0.406 e. The number of rotatable bonds is 9. The molecule has 2 aliphatic rings. The van der Waals surface area contributed by atoms with Crippen molar-refractivity contribution in [3.63, 3.8) is 0 Å². The number of unbranched alkanes of at least 4 members (excludes halogenated alkanes) is 1. The van der Waals surface area contributed by atoms with Gasteiger partial charge < -0.3 is 0 Å². The van der Waals surface area contributed by atoms with Crippen LogP contribution in [-0.2, 0) is 27.2 Å². The predicted molar refractivity (Wildman–Crippen MR) is 95.1 cm³/mol. The smallest absolute Gasteiger partial charge is 0.289 e. The van der Waals surface area contributed by atoms with E-state index in [1.165, 1.54) is 13.8 Å². The van der Waals surface area contributed by atoms with Gasteiger partial charge in [0, 0.05) is 36.8 Å². The molecule has 0 spiro atoms. The third-order valence-corrected chi connectivity index (χ3v) is 7.38. The SMILES string of the molecule is CC1([N+](=O)[O-])COP(=O)(NCCCCNP2(=O)OCC(C)([N+](=O)[O-])CO2)OC1. The molecule has 0 aromatic heterocycles. The summed E-state index contributed by atoms with van der Waals surface area (Å²) < 4.78 is 44.6. The van der Waals surface area contributed by atoms with Gasteiger partial charge >= 0.3 is 15.5 Å². The Morgan fingerprint density at radius 3 is 1.32 bits per heavy atom. The van der Waals surface area contributed by atoms with Crippen molar-refractivity contribution < 1.29 is 37.1 Å². The Balaban J connectivity index is 1.63. The summed E-state index contributed by atoms with van der Waals surface area (Å²) in [4.78, 5) is 20.7. The van der Waals surface area contributed by atoms with Crippen LogP contribution in [0.1, 0.15) is 26.7 Å². The van der Waals surface area contributed by atoms with E-state index in [0.29, 0.717) is 12.8 Å². The van der Waals surface area contributed by atoms with Crippen molar-refractivity contribution in [2.45, 2.75) is 37.8 Å². The van der Waals surface area contributed by atoms with Gasteiger partial charge in [-0.3, -0.25) is 38.3 Å². The summed E-state index contributed by atoms with van der Waals surface area (Å²) in [6.45, 7) is 1.85. The summed E-state index contributed by atoms with van der Waals surface area (Å²) in [7, 11) is -7.18. The van der Waals surface area contributed by atoms with Crippen LogP contribution in [0.3, 0.4) is 0 Å². The monoisotopic (exact) mass is 446 g/mol. The Labute approximate surface area is 161 Å². The summed E-state index contributed by atoms with van der Waals surface area (Å²) in [6.07, 6.45) is 0.978. The number of nitrogens with one attached hydrogen (secondary N) is 2. The van der Waals surface area contributed by atoms with E-state index in [9.17, 15) is 29.4 Å². The first-order chi connectivity index (χ1) is 12.9. The summed E-state index contributed by atoms with van der Waals surface area (Å²) in [5, 5.41) is 27.0. The highest BCUT2D eigenvalue weighted by atomic mass is 31.2. The van der Waals surface area contributed by atoms with Crippen LogP contribution >= 0.6 is 15.5 Å². The summed E-state index contributed by atoms with van der Waals surface area (Å²) in [6, 6.07) is 0. The average Bonchev–Trinajstić information content (AvgIpc) is 2.64. The number of hydrogen-bond donors (Lipinski definition) is 2. The lowest BCUT2D eigenvalue weighted by Gasteiger charge is -2.31. The molecule has 0 amide bonds. The molecule has 16 heteroatoms. The maximum Gasteiger partial charge on any atom is 0.406 e. The zero-order valence-electron chi connectivity index (χ0n) is 15.5. The maximum absolute atomic E-state index is 12.3. The van der Waals surface area contributed by atoms with Crippen LogP contribution in [0.5, 0.6) is 0 Å². The highest BCUT2D eigenvalue weighted by molar-refractivity contribution is 7.52. The Kier molecular flexibility index (Phi) is 7.32. The molecular weight excluding hydrogens is 422 g/mol. The van der Waals surface area contributed by atoms with Crippen molar-refractivity contribution in [3.8, 4) is 0 Å². The molecule has 0 unspecified atom stereocenters. The third-order valence-electron chi connectivity index (χ3n) is 4.28.